The quantitative estimate of drug-likeness (QED) is 0.456. The summed E-state index contributed by atoms with van der Waals surface area (Å²) in [5, 5.41) is 16.3. The maximum Gasteiger partial charge on any atom is 0.351 e. The van der Waals surface area contributed by atoms with Crippen LogP contribution in [0.3, 0.4) is 0 Å². The summed E-state index contributed by atoms with van der Waals surface area (Å²) >= 11 is 0. The van der Waals surface area contributed by atoms with Crippen molar-refractivity contribution < 1.29 is 53.5 Å². The predicted molar refractivity (Wildman–Crippen MR) is 133 cm³/mol. The molecule has 0 amide bonds. The van der Waals surface area contributed by atoms with Crippen LogP contribution in [0, 0.1) is 5.82 Å². The normalized spacial score (nSPS) is 19.9. The first kappa shape index (κ1) is 31.0. The number of aliphatic carboxylic acids is 2. The van der Waals surface area contributed by atoms with Crippen LogP contribution in [0.2, 0.25) is 0 Å². The molecule has 2 unspecified atom stereocenters. The van der Waals surface area contributed by atoms with Crippen LogP contribution < -0.4 is 19.5 Å². The number of carboxylic acids is 2. The first-order valence-corrected chi connectivity index (χ1v) is 12.3. The second-order valence-corrected chi connectivity index (χ2v) is 9.06. The summed E-state index contributed by atoms with van der Waals surface area (Å²) in [6.07, 6.45) is 4.18. The topological polar surface area (TPSA) is 150 Å². The third-order valence-electron chi connectivity index (χ3n) is 6.75. The molecule has 2 saturated heterocycles. The van der Waals surface area contributed by atoms with E-state index in [0.29, 0.717) is 19.1 Å². The number of hydrogen-bond donors (Lipinski definition) is 2. The molecule has 2 aliphatic rings. The van der Waals surface area contributed by atoms with Gasteiger partial charge in [0.1, 0.15) is 5.82 Å². The number of methoxy groups -OCH3 is 2. The second-order valence-electron chi connectivity index (χ2n) is 9.06. The zero-order valence-corrected chi connectivity index (χ0v) is 21.7. The number of halogens is 1. The average Bonchev–Trinajstić information content (AvgIpc) is 3.39. The highest BCUT2D eigenvalue weighted by molar-refractivity contribution is 6.26. The van der Waals surface area contributed by atoms with Crippen LogP contribution >= 0.6 is 0 Å². The molecular formula is C27H36FNO9. The van der Waals surface area contributed by atoms with Gasteiger partial charge in [-0.15, -0.1) is 0 Å². The Kier molecular flexibility index (Phi) is 11.9. The van der Waals surface area contributed by atoms with Gasteiger partial charge in [-0.1, -0.05) is 18.2 Å². The van der Waals surface area contributed by atoms with Gasteiger partial charge >= 0.3 is 5.97 Å². The van der Waals surface area contributed by atoms with Crippen molar-refractivity contribution in [3.05, 3.63) is 59.4 Å². The Bertz CT molecular complexity index is 1030. The summed E-state index contributed by atoms with van der Waals surface area (Å²) in [6, 6.07) is 12.8. The highest BCUT2D eigenvalue weighted by Crippen LogP contribution is 2.36. The van der Waals surface area contributed by atoms with Crippen molar-refractivity contribution in [3.63, 3.8) is 0 Å². The van der Waals surface area contributed by atoms with Crippen LogP contribution in [-0.2, 0) is 24.8 Å². The van der Waals surface area contributed by atoms with Crippen molar-refractivity contribution in [1.82, 2.24) is 0 Å². The molecule has 0 aromatic heterocycles. The van der Waals surface area contributed by atoms with Crippen LogP contribution in [0.25, 0.3) is 0 Å². The Morgan fingerprint density at radius 3 is 2.32 bits per heavy atom. The van der Waals surface area contributed by atoms with Crippen LogP contribution in [0.4, 0.5) is 4.39 Å². The van der Waals surface area contributed by atoms with E-state index < -0.39 is 17.7 Å². The molecule has 4 N–H and O–H groups in total. The molecule has 38 heavy (non-hydrogen) atoms. The van der Waals surface area contributed by atoms with E-state index in [1.165, 1.54) is 37.1 Å². The standard InChI is InChI=1S/C25H32FNO4.C2H2O4.H2O/c1-28-23-11-6-19(17-24(23)29-2)20-5-3-13-27(18-20)14-4-12-25(30-15-16-31-25)21-7-9-22(26)10-8-21;3-1(4)2(5)6;/h6-11,17,20H,3-5,12-16,18H2,1-2H3;(H,3,4)(H,5,6);1H2. The van der Waals surface area contributed by atoms with Crippen LogP contribution in [0.5, 0.6) is 11.5 Å². The summed E-state index contributed by atoms with van der Waals surface area (Å²) in [5.41, 5.74) is 2.23. The highest BCUT2D eigenvalue weighted by atomic mass is 19.1. The first-order chi connectivity index (χ1) is 17.8. The molecule has 0 bridgehead atoms. The van der Waals surface area contributed by atoms with Gasteiger partial charge in [0.2, 0.25) is 0 Å². The number of carbonyl (C=O) groups excluding carboxylic acids is 1. The monoisotopic (exact) mass is 537 g/mol. The van der Waals surface area contributed by atoms with Gasteiger partial charge in [0, 0.05) is 24.3 Å². The Balaban J connectivity index is 0.000000652. The molecule has 2 aliphatic heterocycles. The smallest absolute Gasteiger partial charge is 0.351 e. The van der Waals surface area contributed by atoms with E-state index in [1.54, 1.807) is 31.3 Å². The van der Waals surface area contributed by atoms with Gasteiger partial charge in [-0.3, -0.25) is 0 Å². The van der Waals surface area contributed by atoms with Gasteiger partial charge in [-0.2, -0.15) is 0 Å². The first-order valence-electron chi connectivity index (χ1n) is 12.3. The summed E-state index contributed by atoms with van der Waals surface area (Å²) in [6.45, 7) is 4.53. The molecule has 0 radical (unpaired) electrons. The van der Waals surface area contributed by atoms with E-state index in [1.807, 2.05) is 6.07 Å². The number of rotatable bonds is 8. The minimum Gasteiger partial charge on any atom is -0.539 e. The van der Waals surface area contributed by atoms with E-state index in [-0.39, 0.29) is 11.3 Å². The summed E-state index contributed by atoms with van der Waals surface area (Å²) in [4.78, 5) is 19.6. The van der Waals surface area contributed by atoms with E-state index in [2.05, 4.69) is 12.1 Å². The van der Waals surface area contributed by atoms with Gasteiger partial charge in [0.05, 0.1) is 47.1 Å². The second kappa shape index (κ2) is 14.6. The van der Waals surface area contributed by atoms with E-state index in [4.69, 9.17) is 38.7 Å². The van der Waals surface area contributed by atoms with E-state index in [0.717, 1.165) is 43.0 Å². The molecule has 10 nitrogen and oxygen atoms in total. The fourth-order valence-corrected chi connectivity index (χ4v) is 4.95. The van der Waals surface area contributed by atoms with Crippen LogP contribution in [-0.4, -0.2) is 69.6 Å². The van der Waals surface area contributed by atoms with Crippen LogP contribution in [0.15, 0.2) is 42.5 Å². The molecule has 11 heteroatoms. The minimum absolute atomic E-state index is 0. The number of ether oxygens (including phenoxy) is 4. The third kappa shape index (κ3) is 8.12. The lowest BCUT2D eigenvalue weighted by Gasteiger charge is -2.32. The molecule has 0 spiro atoms. The molecule has 210 valence electrons. The lowest BCUT2D eigenvalue weighted by molar-refractivity contribution is -0.906. The molecule has 2 heterocycles. The molecule has 0 aliphatic carbocycles. The molecule has 0 saturated carbocycles. The van der Waals surface area contributed by atoms with Crippen molar-refractivity contribution in [3.8, 4) is 11.5 Å². The highest BCUT2D eigenvalue weighted by Gasteiger charge is 2.38. The zero-order chi connectivity index (χ0) is 26.8. The number of carboxylic acid groups (broad SMARTS) is 2. The van der Waals surface area contributed by atoms with Gasteiger partial charge in [0.25, 0.3) is 0 Å². The molecule has 2 aromatic rings. The SMILES string of the molecule is COc1ccc(C2CCC[NH+](CCCC3(c4ccc(F)cc4)OCCO3)C2)cc1OC.O.O=C([O-])C(=O)O. The Hall–Kier alpha value is -3.25. The molecular weight excluding hydrogens is 501 g/mol. The molecule has 4 rings (SSSR count). The average molecular weight is 538 g/mol. The van der Waals surface area contributed by atoms with E-state index >= 15 is 0 Å². The molecule has 2 fully saturated rings. The number of benzene rings is 2. The summed E-state index contributed by atoms with van der Waals surface area (Å²) < 4.78 is 36.3. The van der Waals surface area contributed by atoms with E-state index in [9.17, 15) is 4.39 Å². The fraction of sp³-hybridized carbons (Fsp3) is 0.481. The number of nitrogens with one attached hydrogen (secondary N) is 1. The Morgan fingerprint density at radius 1 is 1.11 bits per heavy atom. The zero-order valence-electron chi connectivity index (χ0n) is 21.7. The summed E-state index contributed by atoms with van der Waals surface area (Å²) in [7, 11) is 3.35. The van der Waals surface area contributed by atoms with Crippen molar-refractivity contribution >= 4 is 11.9 Å². The Labute approximate surface area is 221 Å². The number of quaternary nitrogens is 1. The van der Waals surface area contributed by atoms with Gasteiger partial charge in [-0.05, 0) is 42.7 Å². The Morgan fingerprint density at radius 2 is 1.74 bits per heavy atom. The number of hydrogen-bond acceptors (Lipinski definition) is 7. The predicted octanol–water partition coefficient (Wildman–Crippen LogP) is 0.281. The van der Waals surface area contributed by atoms with Crippen molar-refractivity contribution in [2.75, 3.05) is 47.1 Å². The van der Waals surface area contributed by atoms with Gasteiger partial charge in [-0.25, -0.2) is 9.18 Å². The lowest BCUT2D eigenvalue weighted by Crippen LogP contribution is -3.13. The maximum atomic E-state index is 13.4. The third-order valence-corrected chi connectivity index (χ3v) is 6.75. The summed E-state index contributed by atoms with van der Waals surface area (Å²) in [5.74, 6) is -2.89. The molecule has 2 atom stereocenters. The molecule has 2 aromatic carbocycles. The maximum absolute atomic E-state index is 13.4. The van der Waals surface area contributed by atoms with Crippen molar-refractivity contribution in [2.24, 2.45) is 0 Å². The number of carbonyl (C=O) groups is 2. The largest absolute Gasteiger partial charge is 0.539 e. The van der Waals surface area contributed by atoms with Gasteiger partial charge in [0.15, 0.2) is 23.3 Å². The van der Waals surface area contributed by atoms with Crippen LogP contribution in [0.1, 0.15) is 42.7 Å². The number of likely N-dealkylation sites (tertiary alicyclic amines) is 1. The number of piperidine rings is 1. The van der Waals surface area contributed by atoms with Gasteiger partial charge < -0.3 is 44.3 Å². The van der Waals surface area contributed by atoms with Crippen molar-refractivity contribution in [2.45, 2.75) is 37.4 Å². The lowest BCUT2D eigenvalue weighted by atomic mass is 9.90. The minimum atomic E-state index is -2.07. The van der Waals surface area contributed by atoms with Crippen molar-refractivity contribution in [1.29, 1.82) is 0 Å². The fourth-order valence-electron chi connectivity index (χ4n) is 4.95.